The molecule has 0 aromatic carbocycles. The second kappa shape index (κ2) is 6.08. The normalized spacial score (nSPS) is 15.9. The Hall–Kier alpha value is -0.610. The molecule has 0 spiro atoms. The molecule has 0 bridgehead atoms. The Kier molecular flexibility index (Phi) is 5.83. The van der Waals surface area contributed by atoms with E-state index in [-0.39, 0.29) is 18.1 Å². The topological polar surface area (TPSA) is 47.6 Å². The maximum Gasteiger partial charge on any atom is 0.323 e. The van der Waals surface area contributed by atoms with E-state index in [1.54, 1.807) is 14.0 Å². The highest BCUT2D eigenvalue weighted by molar-refractivity contribution is 5.75. The van der Waals surface area contributed by atoms with Crippen LogP contribution in [0, 0.1) is 0 Å². The molecule has 1 N–H and O–H groups in total. The zero-order chi connectivity index (χ0) is 12.1. The first-order valence-electron chi connectivity index (χ1n) is 5.24. The highest BCUT2D eigenvalue weighted by atomic mass is 16.6. The van der Waals surface area contributed by atoms with Crippen LogP contribution in [0.5, 0.6) is 0 Å². The van der Waals surface area contributed by atoms with Crippen LogP contribution in [0.15, 0.2) is 0 Å². The minimum absolute atomic E-state index is 0.137. The van der Waals surface area contributed by atoms with Crippen molar-refractivity contribution < 1.29 is 14.3 Å². The Bertz CT molecular complexity index is 198. The lowest BCUT2D eigenvalue weighted by Crippen LogP contribution is -2.44. The van der Waals surface area contributed by atoms with Crippen molar-refractivity contribution in [1.82, 2.24) is 5.32 Å². The summed E-state index contributed by atoms with van der Waals surface area (Å²) < 4.78 is 10.2. The summed E-state index contributed by atoms with van der Waals surface area (Å²) in [6.07, 6.45) is 0. The van der Waals surface area contributed by atoms with E-state index >= 15 is 0 Å². The van der Waals surface area contributed by atoms with Crippen LogP contribution < -0.4 is 5.32 Å². The molecule has 0 rings (SSSR count). The zero-order valence-corrected chi connectivity index (χ0v) is 10.6. The molecule has 90 valence electrons. The van der Waals surface area contributed by atoms with Gasteiger partial charge < -0.3 is 9.47 Å². The largest absolute Gasteiger partial charge is 0.459 e. The number of nitrogens with one attached hydrogen (secondary N) is 1. The lowest BCUT2D eigenvalue weighted by molar-refractivity contribution is -0.157. The maximum absolute atomic E-state index is 11.6. The summed E-state index contributed by atoms with van der Waals surface area (Å²) in [4.78, 5) is 11.6. The fraction of sp³-hybridized carbons (Fsp3) is 0.909. The molecular weight excluding hydrogens is 194 g/mol. The predicted molar refractivity (Wildman–Crippen MR) is 59.8 cm³/mol. The number of carbonyl (C=O) groups excluding carboxylic acids is 1. The molecule has 0 saturated carbocycles. The molecule has 0 aliphatic heterocycles. The molecule has 15 heavy (non-hydrogen) atoms. The third-order valence-electron chi connectivity index (χ3n) is 1.71. The molecule has 1 unspecified atom stereocenters. The zero-order valence-electron chi connectivity index (χ0n) is 10.6. The van der Waals surface area contributed by atoms with Gasteiger partial charge in [-0.15, -0.1) is 0 Å². The molecule has 0 fully saturated rings. The SMILES string of the molecule is COCC(C)N[C@@H](C)C(=O)OC(C)(C)C. The van der Waals surface area contributed by atoms with Gasteiger partial charge >= 0.3 is 5.97 Å². The van der Waals surface area contributed by atoms with E-state index in [1.807, 2.05) is 27.7 Å². The van der Waals surface area contributed by atoms with Gasteiger partial charge in [0.05, 0.1) is 6.61 Å². The van der Waals surface area contributed by atoms with E-state index < -0.39 is 5.60 Å². The summed E-state index contributed by atoms with van der Waals surface area (Å²) in [5, 5.41) is 3.10. The molecule has 2 atom stereocenters. The molecule has 0 amide bonds. The molecule has 0 aliphatic rings. The van der Waals surface area contributed by atoms with Crippen molar-refractivity contribution in [3.8, 4) is 0 Å². The molecule has 0 aromatic rings. The van der Waals surface area contributed by atoms with Crippen molar-refractivity contribution >= 4 is 5.97 Å². The molecule has 4 nitrogen and oxygen atoms in total. The summed E-state index contributed by atoms with van der Waals surface area (Å²) in [5.41, 5.74) is -0.433. The van der Waals surface area contributed by atoms with Crippen LogP contribution in [0.2, 0.25) is 0 Å². The second-order valence-corrected chi connectivity index (χ2v) is 4.78. The Balaban J connectivity index is 3.99. The quantitative estimate of drug-likeness (QED) is 0.706. The molecule has 0 heterocycles. The monoisotopic (exact) mass is 217 g/mol. The fourth-order valence-electron chi connectivity index (χ4n) is 1.18. The van der Waals surface area contributed by atoms with Crippen LogP contribution in [0.1, 0.15) is 34.6 Å². The van der Waals surface area contributed by atoms with Crippen LogP contribution in [0.3, 0.4) is 0 Å². The van der Waals surface area contributed by atoms with Gasteiger partial charge in [-0.1, -0.05) is 0 Å². The molecular formula is C11H23NO3. The first kappa shape index (κ1) is 14.4. The first-order valence-corrected chi connectivity index (χ1v) is 5.24. The lowest BCUT2D eigenvalue weighted by Gasteiger charge is -2.24. The number of hydrogen-bond donors (Lipinski definition) is 1. The van der Waals surface area contributed by atoms with Crippen LogP contribution in [-0.4, -0.2) is 37.4 Å². The molecule has 0 aromatic heterocycles. The van der Waals surface area contributed by atoms with Crippen LogP contribution in [0.4, 0.5) is 0 Å². The number of rotatable bonds is 5. The van der Waals surface area contributed by atoms with Crippen molar-refractivity contribution in [2.24, 2.45) is 0 Å². The van der Waals surface area contributed by atoms with Crippen molar-refractivity contribution in [1.29, 1.82) is 0 Å². The van der Waals surface area contributed by atoms with Gasteiger partial charge in [0, 0.05) is 13.2 Å². The summed E-state index contributed by atoms with van der Waals surface area (Å²) >= 11 is 0. The summed E-state index contributed by atoms with van der Waals surface area (Å²) in [6.45, 7) is 9.90. The average molecular weight is 217 g/mol. The average Bonchev–Trinajstić information content (AvgIpc) is 2.00. The van der Waals surface area contributed by atoms with E-state index in [0.29, 0.717) is 6.61 Å². The fourth-order valence-corrected chi connectivity index (χ4v) is 1.18. The van der Waals surface area contributed by atoms with Gasteiger partial charge in [-0.05, 0) is 34.6 Å². The number of ether oxygens (including phenoxy) is 2. The smallest absolute Gasteiger partial charge is 0.323 e. The van der Waals surface area contributed by atoms with Crippen LogP contribution in [-0.2, 0) is 14.3 Å². The highest BCUT2D eigenvalue weighted by Crippen LogP contribution is 2.08. The third kappa shape index (κ3) is 7.33. The van der Waals surface area contributed by atoms with Gasteiger partial charge in [-0.25, -0.2) is 0 Å². The van der Waals surface area contributed by atoms with E-state index in [9.17, 15) is 4.79 Å². The van der Waals surface area contributed by atoms with Gasteiger partial charge in [0.1, 0.15) is 11.6 Å². The van der Waals surface area contributed by atoms with Crippen molar-refractivity contribution in [2.45, 2.75) is 52.3 Å². The predicted octanol–water partition coefficient (Wildman–Crippen LogP) is 1.34. The summed E-state index contributed by atoms with van der Waals surface area (Å²) in [5.74, 6) is -0.231. The van der Waals surface area contributed by atoms with Crippen LogP contribution >= 0.6 is 0 Å². The van der Waals surface area contributed by atoms with E-state index in [1.165, 1.54) is 0 Å². The van der Waals surface area contributed by atoms with Crippen molar-refractivity contribution in [2.75, 3.05) is 13.7 Å². The Labute approximate surface area is 92.3 Å². The number of carbonyl (C=O) groups is 1. The number of hydrogen-bond acceptors (Lipinski definition) is 4. The molecule has 0 aliphatic carbocycles. The van der Waals surface area contributed by atoms with Gasteiger partial charge in [-0.3, -0.25) is 10.1 Å². The Morgan fingerprint density at radius 3 is 2.27 bits per heavy atom. The highest BCUT2D eigenvalue weighted by Gasteiger charge is 2.22. The third-order valence-corrected chi connectivity index (χ3v) is 1.71. The van der Waals surface area contributed by atoms with E-state index in [4.69, 9.17) is 9.47 Å². The summed E-state index contributed by atoms with van der Waals surface area (Å²) in [7, 11) is 1.64. The summed E-state index contributed by atoms with van der Waals surface area (Å²) in [6, 6.07) is -0.174. The standard InChI is InChI=1S/C11H23NO3/c1-8(7-14-6)12-9(2)10(13)15-11(3,4)5/h8-9,12H,7H2,1-6H3/t8?,9-/m0/s1. The number of methoxy groups -OCH3 is 1. The van der Waals surface area contributed by atoms with Crippen molar-refractivity contribution in [3.05, 3.63) is 0 Å². The van der Waals surface area contributed by atoms with E-state index in [0.717, 1.165) is 0 Å². The van der Waals surface area contributed by atoms with Gasteiger partial charge in [0.2, 0.25) is 0 Å². The maximum atomic E-state index is 11.6. The minimum atomic E-state index is -0.433. The molecule has 4 heteroatoms. The van der Waals surface area contributed by atoms with Gasteiger partial charge in [-0.2, -0.15) is 0 Å². The van der Waals surface area contributed by atoms with Crippen molar-refractivity contribution in [3.63, 3.8) is 0 Å². The number of esters is 1. The van der Waals surface area contributed by atoms with Crippen LogP contribution in [0.25, 0.3) is 0 Å². The lowest BCUT2D eigenvalue weighted by atomic mass is 10.2. The minimum Gasteiger partial charge on any atom is -0.459 e. The van der Waals surface area contributed by atoms with Gasteiger partial charge in [0.25, 0.3) is 0 Å². The second-order valence-electron chi connectivity index (χ2n) is 4.78. The molecule has 0 radical (unpaired) electrons. The molecule has 0 saturated heterocycles. The Morgan fingerprint density at radius 2 is 1.87 bits per heavy atom. The Morgan fingerprint density at radius 1 is 1.33 bits per heavy atom. The van der Waals surface area contributed by atoms with Gasteiger partial charge in [0.15, 0.2) is 0 Å². The van der Waals surface area contributed by atoms with E-state index in [2.05, 4.69) is 5.32 Å². The first-order chi connectivity index (χ1) is 6.76.